The molecule has 0 unspecified atom stereocenters. The van der Waals surface area contributed by atoms with Crippen LogP contribution in [0.4, 0.5) is 11.4 Å². The van der Waals surface area contributed by atoms with E-state index in [4.69, 9.17) is 4.74 Å². The van der Waals surface area contributed by atoms with Crippen molar-refractivity contribution < 1.29 is 14.3 Å². The van der Waals surface area contributed by atoms with Gasteiger partial charge in [-0.3, -0.25) is 14.5 Å². The minimum atomic E-state index is -0.482. The molecule has 1 saturated heterocycles. The number of methoxy groups -OCH3 is 1. The summed E-state index contributed by atoms with van der Waals surface area (Å²) in [6.07, 6.45) is 0.907. The molecule has 1 aliphatic heterocycles. The highest BCUT2D eigenvalue weighted by molar-refractivity contribution is 8.15. The van der Waals surface area contributed by atoms with Crippen LogP contribution < -0.4 is 10.1 Å². The molecule has 1 heterocycles. The van der Waals surface area contributed by atoms with E-state index in [1.807, 2.05) is 68.4 Å². The fraction of sp³-hybridized carbons (Fsp3) is 0.318. The zero-order chi connectivity index (χ0) is 20.8. The third kappa shape index (κ3) is 5.17. The highest BCUT2D eigenvalue weighted by Gasteiger charge is 2.41. The second-order valence-electron chi connectivity index (χ2n) is 6.78. The van der Waals surface area contributed by atoms with Gasteiger partial charge in [-0.05, 0) is 49.7 Å². The van der Waals surface area contributed by atoms with E-state index in [2.05, 4.69) is 10.3 Å². The van der Waals surface area contributed by atoms with Crippen molar-refractivity contribution in [1.29, 1.82) is 0 Å². The summed E-state index contributed by atoms with van der Waals surface area (Å²) in [5, 5.41) is 3.00. The molecule has 2 atom stereocenters. The lowest BCUT2D eigenvalue weighted by Gasteiger charge is -2.23. The Balaban J connectivity index is 1.76. The summed E-state index contributed by atoms with van der Waals surface area (Å²) in [4.78, 5) is 31.9. The first kappa shape index (κ1) is 20.9. The standard InChI is InChI=1S/C22H25N3O3S/c1-4-15(2)25-21(27)19(14-20(26)23-16-8-6-5-7-9-16)29-22(25)24-17-10-12-18(28-3)13-11-17/h5-13,15,19H,4,14H2,1-3H3,(H,23,26)/t15-,19-/m1/s1. The summed E-state index contributed by atoms with van der Waals surface area (Å²) in [6, 6.07) is 16.6. The van der Waals surface area contributed by atoms with Crippen molar-refractivity contribution in [2.45, 2.75) is 38.0 Å². The molecule has 0 spiro atoms. The van der Waals surface area contributed by atoms with Gasteiger partial charge >= 0.3 is 0 Å². The number of hydrogen-bond donors (Lipinski definition) is 1. The predicted octanol–water partition coefficient (Wildman–Crippen LogP) is 4.45. The zero-order valence-corrected chi connectivity index (χ0v) is 17.6. The Bertz CT molecular complexity index is 884. The number of carbonyl (C=O) groups is 2. The van der Waals surface area contributed by atoms with E-state index >= 15 is 0 Å². The number of ether oxygens (including phenoxy) is 1. The molecule has 1 aliphatic rings. The Morgan fingerprint density at radius 1 is 1.21 bits per heavy atom. The maximum absolute atomic E-state index is 13.0. The predicted molar refractivity (Wildman–Crippen MR) is 118 cm³/mol. The van der Waals surface area contributed by atoms with Crippen molar-refractivity contribution in [2.24, 2.45) is 4.99 Å². The molecule has 7 heteroatoms. The SMILES string of the molecule is CC[C@@H](C)N1C(=O)[C@@H](CC(=O)Nc2ccccc2)SC1=Nc1ccc(OC)cc1. The van der Waals surface area contributed by atoms with Gasteiger partial charge < -0.3 is 10.1 Å². The smallest absolute Gasteiger partial charge is 0.242 e. The number of aliphatic imine (C=N–C) groups is 1. The summed E-state index contributed by atoms with van der Waals surface area (Å²) >= 11 is 1.35. The van der Waals surface area contributed by atoms with Crippen LogP contribution in [0.5, 0.6) is 5.75 Å². The van der Waals surface area contributed by atoms with Gasteiger partial charge in [-0.25, -0.2) is 4.99 Å². The summed E-state index contributed by atoms with van der Waals surface area (Å²) < 4.78 is 5.18. The van der Waals surface area contributed by atoms with Gasteiger partial charge in [-0.1, -0.05) is 36.9 Å². The zero-order valence-electron chi connectivity index (χ0n) is 16.8. The highest BCUT2D eigenvalue weighted by atomic mass is 32.2. The van der Waals surface area contributed by atoms with Crippen LogP contribution in [0.1, 0.15) is 26.7 Å². The van der Waals surface area contributed by atoms with Crippen LogP contribution in [0.3, 0.4) is 0 Å². The first-order valence-electron chi connectivity index (χ1n) is 9.59. The van der Waals surface area contributed by atoms with Crippen molar-refractivity contribution in [2.75, 3.05) is 12.4 Å². The average Bonchev–Trinajstić information content (AvgIpc) is 3.03. The molecule has 0 saturated carbocycles. The monoisotopic (exact) mass is 411 g/mol. The van der Waals surface area contributed by atoms with Crippen LogP contribution in [-0.2, 0) is 9.59 Å². The molecule has 0 radical (unpaired) electrons. The van der Waals surface area contributed by atoms with Gasteiger partial charge in [0.05, 0.1) is 12.8 Å². The lowest BCUT2D eigenvalue weighted by molar-refractivity contribution is -0.129. The average molecular weight is 412 g/mol. The Morgan fingerprint density at radius 3 is 2.52 bits per heavy atom. The number of carbonyl (C=O) groups excluding carboxylic acids is 2. The topological polar surface area (TPSA) is 71.0 Å². The molecule has 0 aromatic heterocycles. The molecule has 152 valence electrons. The van der Waals surface area contributed by atoms with E-state index in [0.29, 0.717) is 5.17 Å². The van der Waals surface area contributed by atoms with Gasteiger partial charge in [0.1, 0.15) is 11.0 Å². The van der Waals surface area contributed by atoms with E-state index in [-0.39, 0.29) is 24.3 Å². The molecular weight excluding hydrogens is 386 g/mol. The summed E-state index contributed by atoms with van der Waals surface area (Å²) in [6.45, 7) is 4.03. The lowest BCUT2D eigenvalue weighted by Crippen LogP contribution is -2.39. The molecular formula is C22H25N3O3S. The second-order valence-corrected chi connectivity index (χ2v) is 7.95. The van der Waals surface area contributed by atoms with Crippen LogP contribution >= 0.6 is 11.8 Å². The number of anilines is 1. The quantitative estimate of drug-likeness (QED) is 0.730. The number of amides is 2. The fourth-order valence-electron chi connectivity index (χ4n) is 2.95. The van der Waals surface area contributed by atoms with Crippen LogP contribution in [0.25, 0.3) is 0 Å². The number of benzene rings is 2. The number of rotatable bonds is 7. The van der Waals surface area contributed by atoms with Crippen molar-refractivity contribution >= 4 is 40.1 Å². The second kappa shape index (κ2) is 9.60. The maximum Gasteiger partial charge on any atom is 0.242 e. The Hall–Kier alpha value is -2.80. The first-order valence-corrected chi connectivity index (χ1v) is 10.5. The van der Waals surface area contributed by atoms with E-state index in [1.54, 1.807) is 12.0 Å². The number of para-hydroxylation sites is 1. The number of nitrogens with one attached hydrogen (secondary N) is 1. The molecule has 0 bridgehead atoms. The van der Waals surface area contributed by atoms with Crippen molar-refractivity contribution in [1.82, 2.24) is 4.90 Å². The van der Waals surface area contributed by atoms with Gasteiger partial charge in [0.2, 0.25) is 11.8 Å². The van der Waals surface area contributed by atoms with Crippen LogP contribution in [0.2, 0.25) is 0 Å². The third-order valence-electron chi connectivity index (χ3n) is 4.72. The molecule has 29 heavy (non-hydrogen) atoms. The van der Waals surface area contributed by atoms with Crippen LogP contribution in [0.15, 0.2) is 59.6 Å². The lowest BCUT2D eigenvalue weighted by atomic mass is 10.2. The molecule has 2 aromatic carbocycles. The van der Waals surface area contributed by atoms with Crippen molar-refractivity contribution in [3.8, 4) is 5.75 Å². The van der Waals surface area contributed by atoms with E-state index in [0.717, 1.165) is 23.5 Å². The van der Waals surface area contributed by atoms with Crippen molar-refractivity contribution in [3.05, 3.63) is 54.6 Å². The van der Waals surface area contributed by atoms with Gasteiger partial charge in [-0.2, -0.15) is 0 Å². The molecule has 2 amide bonds. The Kier molecular flexibility index (Phi) is 6.93. The minimum absolute atomic E-state index is 0.00850. The number of hydrogen-bond acceptors (Lipinski definition) is 5. The summed E-state index contributed by atoms with van der Waals surface area (Å²) in [7, 11) is 1.61. The Labute approximate surface area is 175 Å². The normalized spacial score (nSPS) is 18.7. The van der Waals surface area contributed by atoms with E-state index < -0.39 is 5.25 Å². The van der Waals surface area contributed by atoms with Gasteiger partial charge in [0, 0.05) is 18.2 Å². The fourth-order valence-corrected chi connectivity index (χ4v) is 4.20. The van der Waals surface area contributed by atoms with E-state index in [9.17, 15) is 9.59 Å². The first-order chi connectivity index (χ1) is 14.0. The molecule has 1 fully saturated rings. The van der Waals surface area contributed by atoms with Crippen LogP contribution in [0, 0.1) is 0 Å². The van der Waals surface area contributed by atoms with Gasteiger partial charge in [0.25, 0.3) is 0 Å². The van der Waals surface area contributed by atoms with Crippen LogP contribution in [-0.4, -0.2) is 40.3 Å². The third-order valence-corrected chi connectivity index (χ3v) is 5.88. The Morgan fingerprint density at radius 2 is 1.90 bits per heavy atom. The summed E-state index contributed by atoms with van der Waals surface area (Å²) in [5.74, 6) is 0.495. The molecule has 3 rings (SSSR count). The number of nitrogens with zero attached hydrogens (tertiary/aromatic N) is 2. The molecule has 0 aliphatic carbocycles. The largest absolute Gasteiger partial charge is 0.497 e. The van der Waals surface area contributed by atoms with Crippen molar-refractivity contribution in [3.63, 3.8) is 0 Å². The summed E-state index contributed by atoms with van der Waals surface area (Å²) in [5.41, 5.74) is 1.46. The molecule has 6 nitrogen and oxygen atoms in total. The van der Waals surface area contributed by atoms with Gasteiger partial charge in [-0.15, -0.1) is 0 Å². The minimum Gasteiger partial charge on any atom is -0.497 e. The maximum atomic E-state index is 13.0. The van der Waals surface area contributed by atoms with Gasteiger partial charge in [0.15, 0.2) is 5.17 Å². The highest BCUT2D eigenvalue weighted by Crippen LogP contribution is 2.34. The number of thioether (sulfide) groups is 1. The van der Waals surface area contributed by atoms with E-state index in [1.165, 1.54) is 11.8 Å². The number of amidine groups is 1. The molecule has 2 aromatic rings. The molecule has 1 N–H and O–H groups in total.